The van der Waals surface area contributed by atoms with E-state index < -0.39 is 8.07 Å². The molecule has 0 aliphatic heterocycles. The molecule has 0 fully saturated rings. The molecule has 0 radical (unpaired) electrons. The molecule has 0 aliphatic rings. The quantitative estimate of drug-likeness (QED) is 0.129. The molecule has 5 heteroatoms. The van der Waals surface area contributed by atoms with Gasteiger partial charge in [0.15, 0.2) is 19.7 Å². The number of fused-ring (bicyclic) bond motifs is 6. The summed E-state index contributed by atoms with van der Waals surface area (Å²) in [5.74, 6) is 1.64. The summed E-state index contributed by atoms with van der Waals surface area (Å²) in [6, 6.07) is 68.1. The van der Waals surface area contributed by atoms with E-state index in [4.69, 9.17) is 9.97 Å². The van der Waals surface area contributed by atoms with Crippen molar-refractivity contribution in [3.8, 4) is 17.2 Å². The molecular formula is C46H31N3SSi. The molecule has 51 heavy (non-hydrogen) atoms. The lowest BCUT2D eigenvalue weighted by Gasteiger charge is -2.34. The summed E-state index contributed by atoms with van der Waals surface area (Å²) in [5.41, 5.74) is 4.27. The second kappa shape index (κ2) is 12.0. The van der Waals surface area contributed by atoms with Gasteiger partial charge in [-0.3, -0.25) is 4.57 Å². The van der Waals surface area contributed by atoms with E-state index in [1.807, 2.05) is 0 Å². The summed E-state index contributed by atoms with van der Waals surface area (Å²) < 4.78 is 4.64. The Balaban J connectivity index is 1.28. The van der Waals surface area contributed by atoms with Gasteiger partial charge in [0.2, 0.25) is 0 Å². The second-order valence-corrected chi connectivity index (χ2v) is 17.8. The summed E-state index contributed by atoms with van der Waals surface area (Å²) in [7, 11) is -2.75. The Hall–Kier alpha value is -6.14. The van der Waals surface area contributed by atoms with Crippen molar-refractivity contribution in [1.29, 1.82) is 0 Å². The first-order valence-corrected chi connectivity index (χ1v) is 20.1. The molecule has 0 N–H and O–H groups in total. The van der Waals surface area contributed by atoms with Crippen LogP contribution < -0.4 is 20.7 Å². The van der Waals surface area contributed by atoms with Gasteiger partial charge in [-0.15, -0.1) is 11.3 Å². The highest BCUT2D eigenvalue weighted by Crippen LogP contribution is 2.40. The van der Waals surface area contributed by atoms with E-state index in [-0.39, 0.29) is 0 Å². The first-order chi connectivity index (χ1) is 25.3. The van der Waals surface area contributed by atoms with Gasteiger partial charge in [0, 0.05) is 26.4 Å². The minimum atomic E-state index is -2.75. The molecule has 3 heterocycles. The molecule has 10 aromatic rings. The Morgan fingerprint density at radius 2 is 0.922 bits per heavy atom. The van der Waals surface area contributed by atoms with Crippen LogP contribution in [0.2, 0.25) is 0 Å². The lowest BCUT2D eigenvalue weighted by molar-refractivity contribution is 1.08. The molecule has 0 saturated heterocycles. The minimum Gasteiger partial charge on any atom is -0.292 e. The zero-order chi connectivity index (χ0) is 33.8. The highest BCUT2D eigenvalue weighted by molar-refractivity contribution is 7.26. The monoisotopic (exact) mass is 685 g/mol. The Labute approximate surface area is 300 Å². The van der Waals surface area contributed by atoms with Crippen molar-refractivity contribution in [3.63, 3.8) is 0 Å². The van der Waals surface area contributed by atoms with Crippen molar-refractivity contribution in [2.75, 3.05) is 0 Å². The number of para-hydroxylation sites is 2. The number of aromatic nitrogens is 3. The Morgan fingerprint density at radius 1 is 0.431 bits per heavy atom. The summed E-state index contributed by atoms with van der Waals surface area (Å²) in [6.45, 7) is 0. The summed E-state index contributed by atoms with van der Waals surface area (Å²) >= 11 is 1.77. The van der Waals surface area contributed by atoms with Gasteiger partial charge in [0.05, 0.1) is 21.3 Å². The lowest BCUT2D eigenvalue weighted by atomic mass is 10.2. The first-order valence-electron chi connectivity index (χ1n) is 17.3. The van der Waals surface area contributed by atoms with E-state index >= 15 is 0 Å². The highest BCUT2D eigenvalue weighted by Gasteiger charge is 2.41. The van der Waals surface area contributed by atoms with Crippen LogP contribution in [0.15, 0.2) is 188 Å². The van der Waals surface area contributed by atoms with Crippen molar-refractivity contribution in [1.82, 2.24) is 14.5 Å². The molecule has 7 aromatic carbocycles. The number of benzene rings is 7. The number of rotatable bonds is 6. The predicted octanol–water partition coefficient (Wildman–Crippen LogP) is 8.99. The summed E-state index contributed by atoms with van der Waals surface area (Å²) in [5, 5.41) is 8.90. The van der Waals surface area contributed by atoms with Crippen LogP contribution in [0.1, 0.15) is 0 Å². The molecule has 10 rings (SSSR count). The van der Waals surface area contributed by atoms with Crippen LogP contribution in [0, 0.1) is 0 Å². The number of thiophene rings is 1. The molecular weight excluding hydrogens is 655 g/mol. The number of hydrogen-bond donors (Lipinski definition) is 0. The van der Waals surface area contributed by atoms with Crippen LogP contribution in [-0.2, 0) is 0 Å². The van der Waals surface area contributed by atoms with Crippen LogP contribution in [-0.4, -0.2) is 22.6 Å². The van der Waals surface area contributed by atoms with Crippen LogP contribution in [0.3, 0.4) is 0 Å². The SMILES string of the molecule is c1ccc([Si](c2ccccc2)(c2ccccc2)c2cccc(-c3nc(-n4c5ccccc5c5ccccc54)c4sc5ccccc5c4n3)c2)cc1. The van der Waals surface area contributed by atoms with E-state index in [0.29, 0.717) is 0 Å². The second-order valence-electron chi connectivity index (χ2n) is 12.9. The van der Waals surface area contributed by atoms with Crippen molar-refractivity contribution >= 4 is 82.3 Å². The standard InChI is InChI=1S/C46H31N3SSi/c1-4-18-33(19-5-1)51(34-20-6-2-7-21-34,35-22-8-3-9-23-35)36-24-16-17-32(31-36)45-47-43-39-27-12-15-30-42(39)50-44(43)46(48-45)49-40-28-13-10-25-37(40)38-26-11-14-29-41(38)49/h1-31H. The zero-order valence-corrected chi connectivity index (χ0v) is 29.5. The van der Waals surface area contributed by atoms with Crippen molar-refractivity contribution < 1.29 is 0 Å². The normalized spacial score (nSPS) is 11.9. The van der Waals surface area contributed by atoms with Gasteiger partial charge < -0.3 is 0 Å². The minimum absolute atomic E-state index is 0.724. The predicted molar refractivity (Wildman–Crippen MR) is 218 cm³/mol. The average Bonchev–Trinajstić information content (AvgIpc) is 3.75. The Morgan fingerprint density at radius 3 is 1.51 bits per heavy atom. The highest BCUT2D eigenvalue weighted by atomic mass is 32.1. The maximum atomic E-state index is 5.53. The smallest absolute Gasteiger partial charge is 0.179 e. The number of nitrogens with zero attached hydrogens (tertiary/aromatic N) is 3. The fourth-order valence-corrected chi connectivity index (χ4v) is 13.9. The molecule has 0 bridgehead atoms. The van der Waals surface area contributed by atoms with Gasteiger partial charge in [-0.2, -0.15) is 0 Å². The van der Waals surface area contributed by atoms with Gasteiger partial charge in [-0.1, -0.05) is 170 Å². The largest absolute Gasteiger partial charge is 0.292 e. The van der Waals surface area contributed by atoms with E-state index in [2.05, 4.69) is 193 Å². The van der Waals surface area contributed by atoms with E-state index in [1.165, 1.54) is 36.2 Å². The third-order valence-corrected chi connectivity index (χ3v) is 16.1. The van der Waals surface area contributed by atoms with E-state index in [1.54, 1.807) is 11.3 Å². The molecule has 0 unspecified atom stereocenters. The van der Waals surface area contributed by atoms with Crippen molar-refractivity contribution in [2.45, 2.75) is 0 Å². The van der Waals surface area contributed by atoms with Crippen LogP contribution >= 0.6 is 11.3 Å². The van der Waals surface area contributed by atoms with Gasteiger partial charge in [-0.25, -0.2) is 9.97 Å². The molecule has 3 aromatic heterocycles. The van der Waals surface area contributed by atoms with Gasteiger partial charge in [0.1, 0.15) is 0 Å². The van der Waals surface area contributed by atoms with E-state index in [0.717, 1.165) is 43.8 Å². The van der Waals surface area contributed by atoms with Gasteiger partial charge >= 0.3 is 0 Å². The topological polar surface area (TPSA) is 30.7 Å². The zero-order valence-electron chi connectivity index (χ0n) is 27.6. The molecule has 0 amide bonds. The molecule has 0 atom stereocenters. The number of hydrogen-bond acceptors (Lipinski definition) is 3. The fourth-order valence-electron chi connectivity index (χ4n) is 7.96. The molecule has 3 nitrogen and oxygen atoms in total. The van der Waals surface area contributed by atoms with Gasteiger partial charge in [0.25, 0.3) is 0 Å². The van der Waals surface area contributed by atoms with E-state index in [9.17, 15) is 0 Å². The maximum Gasteiger partial charge on any atom is 0.179 e. The molecule has 0 saturated carbocycles. The van der Waals surface area contributed by atoms with Crippen LogP contribution in [0.4, 0.5) is 0 Å². The van der Waals surface area contributed by atoms with Gasteiger partial charge in [-0.05, 0) is 38.9 Å². The molecule has 0 aliphatic carbocycles. The summed E-state index contributed by atoms with van der Waals surface area (Å²) in [6.07, 6.45) is 0. The fraction of sp³-hybridized carbons (Fsp3) is 0. The molecule has 240 valence electrons. The average molecular weight is 686 g/mol. The lowest BCUT2D eigenvalue weighted by Crippen LogP contribution is -2.74. The molecule has 0 spiro atoms. The third-order valence-electron chi connectivity index (χ3n) is 10.2. The van der Waals surface area contributed by atoms with Crippen LogP contribution in [0.5, 0.6) is 0 Å². The van der Waals surface area contributed by atoms with Crippen LogP contribution in [0.25, 0.3) is 59.3 Å². The Bertz CT molecular complexity index is 2710. The maximum absolute atomic E-state index is 5.53. The Kier molecular flexibility index (Phi) is 7.01. The summed E-state index contributed by atoms with van der Waals surface area (Å²) in [4.78, 5) is 10.9. The van der Waals surface area contributed by atoms with Crippen molar-refractivity contribution in [3.05, 3.63) is 188 Å². The third kappa shape index (κ3) is 4.63. The first kappa shape index (κ1) is 29.7. The van der Waals surface area contributed by atoms with Crippen molar-refractivity contribution in [2.24, 2.45) is 0 Å².